The lowest BCUT2D eigenvalue weighted by atomic mass is 9.93. The quantitative estimate of drug-likeness (QED) is 0.364. The smallest absolute Gasteiger partial charge is 0.241 e. The molecule has 2 aromatic carbocycles. The molecule has 208 valence electrons. The molecule has 4 heterocycles. The van der Waals surface area contributed by atoms with Crippen molar-refractivity contribution in [2.75, 3.05) is 42.6 Å². The lowest BCUT2D eigenvalue weighted by Gasteiger charge is -2.29. The van der Waals surface area contributed by atoms with Gasteiger partial charge in [0.25, 0.3) is 0 Å². The maximum absolute atomic E-state index is 13.8. The number of ether oxygens (including phenoxy) is 1. The monoisotopic (exact) mass is 538 g/mol. The average Bonchev–Trinajstić information content (AvgIpc) is 3.69. The van der Waals surface area contributed by atoms with Crippen LogP contribution in [0.3, 0.4) is 0 Å². The van der Waals surface area contributed by atoms with Crippen LogP contribution in [0.25, 0.3) is 0 Å². The number of amides is 2. The number of pyridine rings is 1. The Morgan fingerprint density at radius 1 is 1.12 bits per heavy atom. The van der Waals surface area contributed by atoms with Gasteiger partial charge < -0.3 is 14.5 Å². The Bertz CT molecular complexity index is 1360. The first kappa shape index (κ1) is 26.5. The van der Waals surface area contributed by atoms with Gasteiger partial charge in [-0.25, -0.2) is 0 Å². The maximum atomic E-state index is 13.8. The Morgan fingerprint density at radius 3 is 2.88 bits per heavy atom. The van der Waals surface area contributed by atoms with E-state index in [-0.39, 0.29) is 17.9 Å². The van der Waals surface area contributed by atoms with Crippen molar-refractivity contribution in [2.24, 2.45) is 0 Å². The van der Waals surface area contributed by atoms with Crippen molar-refractivity contribution in [1.29, 1.82) is 0 Å². The van der Waals surface area contributed by atoms with Crippen LogP contribution in [-0.2, 0) is 22.4 Å². The number of benzene rings is 2. The summed E-state index contributed by atoms with van der Waals surface area (Å²) >= 11 is 0. The van der Waals surface area contributed by atoms with Gasteiger partial charge in [0.1, 0.15) is 5.75 Å². The summed E-state index contributed by atoms with van der Waals surface area (Å²) in [6.45, 7) is 5.44. The largest absolute Gasteiger partial charge is 0.493 e. The predicted octanol–water partition coefficient (Wildman–Crippen LogP) is 4.99. The Morgan fingerprint density at radius 2 is 2.02 bits per heavy atom. The number of carbonyl (C=O) groups excluding carboxylic acids is 2. The van der Waals surface area contributed by atoms with Crippen molar-refractivity contribution < 1.29 is 14.3 Å². The molecule has 0 bridgehead atoms. The van der Waals surface area contributed by atoms with Crippen LogP contribution in [0, 0.1) is 0 Å². The minimum atomic E-state index is 0.108. The SMILES string of the molecule is CCCCN(C(=O)CN1C[C@H](c2ccc3c(c2)CCO3)C[C@@H]1CCN1C(=O)Cc2ccccc21)c1cccnc1. The van der Waals surface area contributed by atoms with E-state index in [0.717, 1.165) is 67.9 Å². The van der Waals surface area contributed by atoms with Gasteiger partial charge >= 0.3 is 0 Å². The fraction of sp³-hybridized carbons (Fsp3) is 0.424. The molecule has 1 fully saturated rings. The Labute approximate surface area is 236 Å². The first-order valence-corrected chi connectivity index (χ1v) is 14.7. The lowest BCUT2D eigenvalue weighted by molar-refractivity contribution is -0.120. The van der Waals surface area contributed by atoms with Crippen molar-refractivity contribution in [3.8, 4) is 5.75 Å². The van der Waals surface area contributed by atoms with Crippen LogP contribution in [-0.4, -0.2) is 60.5 Å². The number of nitrogens with zero attached hydrogens (tertiary/aromatic N) is 4. The molecule has 2 amide bonds. The molecule has 1 aromatic heterocycles. The third-order valence-corrected chi connectivity index (χ3v) is 8.66. The summed E-state index contributed by atoms with van der Waals surface area (Å²) < 4.78 is 5.74. The molecular formula is C33H38N4O3. The van der Waals surface area contributed by atoms with Crippen molar-refractivity contribution in [1.82, 2.24) is 9.88 Å². The van der Waals surface area contributed by atoms with Crippen molar-refractivity contribution >= 4 is 23.2 Å². The first-order valence-electron chi connectivity index (χ1n) is 14.7. The lowest BCUT2D eigenvalue weighted by Crippen LogP contribution is -2.44. The fourth-order valence-electron chi connectivity index (χ4n) is 6.51. The first-order chi connectivity index (χ1) is 19.6. The number of aromatic nitrogens is 1. The molecule has 3 aromatic rings. The summed E-state index contributed by atoms with van der Waals surface area (Å²) in [6, 6.07) is 18.8. The molecule has 0 N–H and O–H groups in total. The third-order valence-electron chi connectivity index (χ3n) is 8.66. The number of rotatable bonds is 10. The van der Waals surface area contributed by atoms with E-state index >= 15 is 0 Å². The van der Waals surface area contributed by atoms with E-state index in [0.29, 0.717) is 32.0 Å². The molecule has 7 heteroatoms. The predicted molar refractivity (Wildman–Crippen MR) is 157 cm³/mol. The second kappa shape index (κ2) is 11.8. The van der Waals surface area contributed by atoms with Gasteiger partial charge in [0.2, 0.25) is 11.8 Å². The molecule has 6 rings (SSSR count). The summed E-state index contributed by atoms with van der Waals surface area (Å²) in [5.41, 5.74) is 5.59. The number of anilines is 2. The molecule has 40 heavy (non-hydrogen) atoms. The molecule has 1 saturated heterocycles. The van der Waals surface area contributed by atoms with Gasteiger partial charge in [-0.05, 0) is 66.1 Å². The van der Waals surface area contributed by atoms with E-state index in [1.165, 1.54) is 11.1 Å². The molecule has 0 saturated carbocycles. The summed E-state index contributed by atoms with van der Waals surface area (Å²) in [5, 5.41) is 0. The molecule has 2 atom stereocenters. The van der Waals surface area contributed by atoms with Gasteiger partial charge in [-0.1, -0.05) is 43.7 Å². The van der Waals surface area contributed by atoms with Crippen LogP contribution < -0.4 is 14.5 Å². The Balaban J connectivity index is 1.21. The van der Waals surface area contributed by atoms with Gasteiger partial charge in [0.05, 0.1) is 31.5 Å². The maximum Gasteiger partial charge on any atom is 0.241 e. The highest BCUT2D eigenvalue weighted by Gasteiger charge is 2.36. The van der Waals surface area contributed by atoms with E-state index in [2.05, 4.69) is 35.0 Å². The zero-order chi connectivity index (χ0) is 27.5. The van der Waals surface area contributed by atoms with Gasteiger partial charge in [-0.2, -0.15) is 0 Å². The Hall–Kier alpha value is -3.71. The van der Waals surface area contributed by atoms with E-state index < -0.39 is 0 Å². The molecule has 0 aliphatic carbocycles. The summed E-state index contributed by atoms with van der Waals surface area (Å²) in [4.78, 5) is 37.1. The number of likely N-dealkylation sites (tertiary alicyclic amines) is 1. The minimum absolute atomic E-state index is 0.108. The van der Waals surface area contributed by atoms with Gasteiger partial charge in [0.15, 0.2) is 0 Å². The van der Waals surface area contributed by atoms with E-state index in [4.69, 9.17) is 4.74 Å². The minimum Gasteiger partial charge on any atom is -0.493 e. The van der Waals surface area contributed by atoms with E-state index in [1.807, 2.05) is 46.2 Å². The van der Waals surface area contributed by atoms with Crippen molar-refractivity contribution in [3.63, 3.8) is 0 Å². The van der Waals surface area contributed by atoms with E-state index in [9.17, 15) is 9.59 Å². The zero-order valence-electron chi connectivity index (χ0n) is 23.3. The topological polar surface area (TPSA) is 66.0 Å². The second-order valence-electron chi connectivity index (χ2n) is 11.2. The fourth-order valence-corrected chi connectivity index (χ4v) is 6.51. The van der Waals surface area contributed by atoms with Crippen molar-refractivity contribution in [2.45, 2.75) is 57.4 Å². The van der Waals surface area contributed by atoms with Crippen molar-refractivity contribution in [3.05, 3.63) is 83.7 Å². The van der Waals surface area contributed by atoms with Crippen LogP contribution in [0.15, 0.2) is 67.0 Å². The van der Waals surface area contributed by atoms with Gasteiger partial charge in [0, 0.05) is 44.0 Å². The standard InChI is InChI=1S/C33H38N4O3/c1-2-3-15-36(29-8-6-14-34-21-29)33(39)23-35-22-27(24-10-11-31-26(18-24)13-17-40-31)19-28(35)12-16-37-30-9-5-4-7-25(30)20-32(37)38/h4-11,14,18,21,27-28H,2-3,12-13,15-17,19-20,22-23H2,1H3/t27-,28+/m1/s1. The highest BCUT2D eigenvalue weighted by atomic mass is 16.5. The highest BCUT2D eigenvalue weighted by molar-refractivity contribution is 6.01. The number of para-hydroxylation sites is 1. The molecule has 3 aliphatic rings. The van der Waals surface area contributed by atoms with Gasteiger partial charge in [-0.15, -0.1) is 0 Å². The number of hydrogen-bond donors (Lipinski definition) is 0. The van der Waals surface area contributed by atoms with Crippen LogP contribution in [0.4, 0.5) is 11.4 Å². The average molecular weight is 539 g/mol. The van der Waals surface area contributed by atoms with E-state index in [1.54, 1.807) is 12.4 Å². The molecule has 0 radical (unpaired) electrons. The number of carbonyl (C=O) groups is 2. The molecule has 3 aliphatic heterocycles. The number of unbranched alkanes of at least 4 members (excludes halogenated alkanes) is 1. The zero-order valence-corrected chi connectivity index (χ0v) is 23.3. The normalized spacial score (nSPS) is 19.9. The van der Waals surface area contributed by atoms with Crippen LogP contribution in [0.5, 0.6) is 5.75 Å². The Kier molecular flexibility index (Phi) is 7.82. The highest BCUT2D eigenvalue weighted by Crippen LogP contribution is 2.37. The van der Waals surface area contributed by atoms with Gasteiger partial charge in [-0.3, -0.25) is 19.5 Å². The molecular weight excluding hydrogens is 500 g/mol. The summed E-state index contributed by atoms with van der Waals surface area (Å²) in [5.74, 6) is 1.61. The molecule has 0 spiro atoms. The van der Waals surface area contributed by atoms with Crippen LogP contribution >= 0.6 is 0 Å². The second-order valence-corrected chi connectivity index (χ2v) is 11.2. The summed E-state index contributed by atoms with van der Waals surface area (Å²) in [7, 11) is 0. The summed E-state index contributed by atoms with van der Waals surface area (Å²) in [6.07, 6.45) is 8.72. The number of fused-ring (bicyclic) bond motifs is 2. The van der Waals surface area contributed by atoms with Crippen LogP contribution in [0.2, 0.25) is 0 Å². The molecule has 7 nitrogen and oxygen atoms in total. The van der Waals surface area contributed by atoms with Crippen LogP contribution in [0.1, 0.15) is 55.2 Å². The number of hydrogen-bond acceptors (Lipinski definition) is 5. The third kappa shape index (κ3) is 5.48. The molecule has 0 unspecified atom stereocenters.